The molecule has 1 fully saturated rings. The molecule has 1 aliphatic heterocycles. The first-order valence-electron chi connectivity index (χ1n) is 11.0. The SMILES string of the molecule is Cc1cc(C=CC(=O)N(C)Cc2ccc(N3CCOCC3)cc2)c(C)n1Cc1ccco1. The van der Waals surface area contributed by atoms with E-state index in [4.69, 9.17) is 9.15 Å². The van der Waals surface area contributed by atoms with E-state index in [1.54, 1.807) is 17.2 Å². The van der Waals surface area contributed by atoms with Crippen LogP contribution in [0.3, 0.4) is 0 Å². The number of likely N-dealkylation sites (N-methyl/N-ethyl adjacent to an activating group) is 1. The molecule has 2 aromatic heterocycles. The third-order valence-corrected chi connectivity index (χ3v) is 6.02. The average Bonchev–Trinajstić information content (AvgIpc) is 3.42. The number of hydrogen-bond acceptors (Lipinski definition) is 4. The molecule has 168 valence electrons. The average molecular weight is 434 g/mol. The van der Waals surface area contributed by atoms with Crippen molar-refractivity contribution in [3.05, 3.63) is 83.1 Å². The summed E-state index contributed by atoms with van der Waals surface area (Å²) in [6.45, 7) is 8.79. The minimum atomic E-state index is -0.0157. The lowest BCUT2D eigenvalue weighted by Crippen LogP contribution is -2.36. The third kappa shape index (κ3) is 5.14. The van der Waals surface area contributed by atoms with E-state index in [0.29, 0.717) is 13.1 Å². The van der Waals surface area contributed by atoms with Crippen LogP contribution in [-0.2, 0) is 22.6 Å². The molecule has 1 aromatic carbocycles. The second-order valence-corrected chi connectivity index (χ2v) is 8.29. The summed E-state index contributed by atoms with van der Waals surface area (Å²) in [4.78, 5) is 16.8. The molecule has 0 bridgehead atoms. The summed E-state index contributed by atoms with van der Waals surface area (Å²) >= 11 is 0. The summed E-state index contributed by atoms with van der Waals surface area (Å²) in [6.07, 6.45) is 5.25. The molecule has 0 unspecified atom stereocenters. The van der Waals surface area contributed by atoms with Crippen LogP contribution in [0.4, 0.5) is 5.69 Å². The van der Waals surface area contributed by atoms with E-state index < -0.39 is 0 Å². The van der Waals surface area contributed by atoms with Gasteiger partial charge in [-0.15, -0.1) is 0 Å². The van der Waals surface area contributed by atoms with Gasteiger partial charge in [0, 0.05) is 49.8 Å². The number of aromatic nitrogens is 1. The molecule has 0 saturated carbocycles. The summed E-state index contributed by atoms with van der Waals surface area (Å²) in [5.41, 5.74) is 5.62. The largest absolute Gasteiger partial charge is 0.467 e. The van der Waals surface area contributed by atoms with E-state index in [0.717, 1.165) is 54.6 Å². The third-order valence-electron chi connectivity index (χ3n) is 6.02. The van der Waals surface area contributed by atoms with Crippen LogP contribution in [0.5, 0.6) is 0 Å². The smallest absolute Gasteiger partial charge is 0.246 e. The van der Waals surface area contributed by atoms with Gasteiger partial charge in [0.25, 0.3) is 0 Å². The van der Waals surface area contributed by atoms with Crippen molar-refractivity contribution in [1.29, 1.82) is 0 Å². The van der Waals surface area contributed by atoms with E-state index in [9.17, 15) is 4.79 Å². The normalized spacial score (nSPS) is 14.3. The van der Waals surface area contributed by atoms with E-state index in [1.165, 1.54) is 5.69 Å². The van der Waals surface area contributed by atoms with Crippen LogP contribution in [0, 0.1) is 13.8 Å². The highest BCUT2D eigenvalue weighted by molar-refractivity contribution is 5.91. The molecule has 0 radical (unpaired) electrons. The molecular formula is C26H31N3O3. The fourth-order valence-corrected chi connectivity index (χ4v) is 4.07. The number of aryl methyl sites for hydroxylation is 1. The number of benzene rings is 1. The maximum absolute atomic E-state index is 12.7. The van der Waals surface area contributed by atoms with Crippen molar-refractivity contribution in [2.75, 3.05) is 38.3 Å². The van der Waals surface area contributed by atoms with Crippen molar-refractivity contribution < 1.29 is 13.9 Å². The number of amides is 1. The first-order valence-corrected chi connectivity index (χ1v) is 11.0. The number of hydrogen-bond donors (Lipinski definition) is 0. The molecule has 1 aliphatic rings. The van der Waals surface area contributed by atoms with Gasteiger partial charge in [0.15, 0.2) is 0 Å². The Labute approximate surface area is 189 Å². The highest BCUT2D eigenvalue weighted by Gasteiger charge is 2.13. The molecule has 1 amide bonds. The maximum atomic E-state index is 12.7. The number of nitrogens with zero attached hydrogens (tertiary/aromatic N) is 3. The van der Waals surface area contributed by atoms with Crippen molar-refractivity contribution in [1.82, 2.24) is 9.47 Å². The zero-order chi connectivity index (χ0) is 22.5. The predicted molar refractivity (Wildman–Crippen MR) is 127 cm³/mol. The second kappa shape index (κ2) is 9.92. The van der Waals surface area contributed by atoms with Crippen molar-refractivity contribution >= 4 is 17.7 Å². The number of morpholine rings is 1. The molecule has 3 heterocycles. The van der Waals surface area contributed by atoms with Gasteiger partial charge in [0.05, 0.1) is 26.0 Å². The van der Waals surface area contributed by atoms with Gasteiger partial charge in [-0.1, -0.05) is 12.1 Å². The van der Waals surface area contributed by atoms with E-state index >= 15 is 0 Å². The van der Waals surface area contributed by atoms with Crippen LogP contribution in [0.2, 0.25) is 0 Å². The van der Waals surface area contributed by atoms with Gasteiger partial charge >= 0.3 is 0 Å². The molecule has 4 rings (SSSR count). The lowest BCUT2D eigenvalue weighted by atomic mass is 10.1. The first kappa shape index (κ1) is 22.0. The van der Waals surface area contributed by atoms with Gasteiger partial charge in [-0.2, -0.15) is 0 Å². The van der Waals surface area contributed by atoms with Crippen molar-refractivity contribution in [3.8, 4) is 0 Å². The number of furan rings is 1. The topological polar surface area (TPSA) is 50.9 Å². The maximum Gasteiger partial charge on any atom is 0.246 e. The Balaban J connectivity index is 1.36. The number of rotatable bonds is 7. The minimum Gasteiger partial charge on any atom is -0.467 e. The van der Waals surface area contributed by atoms with Crippen LogP contribution in [0.15, 0.2) is 59.2 Å². The fourth-order valence-electron chi connectivity index (χ4n) is 4.07. The van der Waals surface area contributed by atoms with E-state index in [2.05, 4.69) is 53.6 Å². The highest BCUT2D eigenvalue weighted by atomic mass is 16.5. The lowest BCUT2D eigenvalue weighted by molar-refractivity contribution is -0.125. The number of anilines is 1. The van der Waals surface area contributed by atoms with Gasteiger partial charge in [-0.25, -0.2) is 0 Å². The van der Waals surface area contributed by atoms with E-state index in [-0.39, 0.29) is 5.91 Å². The quantitative estimate of drug-likeness (QED) is 0.523. The number of carbonyl (C=O) groups excluding carboxylic acids is 1. The summed E-state index contributed by atoms with van der Waals surface area (Å²) < 4.78 is 13.1. The molecule has 6 nitrogen and oxygen atoms in total. The Morgan fingerprint density at radius 1 is 1.12 bits per heavy atom. The molecule has 32 heavy (non-hydrogen) atoms. The number of carbonyl (C=O) groups is 1. The monoisotopic (exact) mass is 433 g/mol. The Morgan fingerprint density at radius 2 is 1.88 bits per heavy atom. The van der Waals surface area contributed by atoms with E-state index in [1.807, 2.05) is 25.3 Å². The van der Waals surface area contributed by atoms with Crippen LogP contribution in [0.1, 0.15) is 28.3 Å². The zero-order valence-corrected chi connectivity index (χ0v) is 19.1. The first-order chi connectivity index (χ1) is 15.5. The summed E-state index contributed by atoms with van der Waals surface area (Å²) in [5, 5.41) is 0. The minimum absolute atomic E-state index is 0.0157. The standard InChI is InChI=1S/C26H31N3O3/c1-20-17-23(21(2)29(20)19-25-5-4-14-32-25)8-11-26(30)27(3)18-22-6-9-24(10-7-22)28-12-15-31-16-13-28/h4-11,14,17H,12-13,15-16,18-19H2,1-3H3. The Hall–Kier alpha value is -3.25. The molecule has 3 aromatic rings. The molecule has 6 heteroatoms. The Morgan fingerprint density at radius 3 is 2.56 bits per heavy atom. The summed E-state index contributed by atoms with van der Waals surface area (Å²) in [5.74, 6) is 0.899. The van der Waals surface area contributed by atoms with Gasteiger partial charge < -0.3 is 23.5 Å². The van der Waals surface area contributed by atoms with Gasteiger partial charge in [0.1, 0.15) is 5.76 Å². The predicted octanol–water partition coefficient (Wildman–Crippen LogP) is 4.25. The lowest BCUT2D eigenvalue weighted by Gasteiger charge is -2.29. The van der Waals surface area contributed by atoms with Crippen LogP contribution in [-0.4, -0.2) is 48.7 Å². The number of ether oxygens (including phenoxy) is 1. The van der Waals surface area contributed by atoms with Gasteiger partial charge in [-0.3, -0.25) is 4.79 Å². The second-order valence-electron chi connectivity index (χ2n) is 8.29. The zero-order valence-electron chi connectivity index (χ0n) is 19.1. The van der Waals surface area contributed by atoms with Crippen LogP contribution >= 0.6 is 0 Å². The fraction of sp³-hybridized carbons (Fsp3) is 0.346. The molecule has 0 atom stereocenters. The molecule has 0 aliphatic carbocycles. The molecule has 0 N–H and O–H groups in total. The van der Waals surface area contributed by atoms with Crippen LogP contribution in [0.25, 0.3) is 6.08 Å². The molecule has 1 saturated heterocycles. The Bertz CT molecular complexity index is 1060. The summed E-state index contributed by atoms with van der Waals surface area (Å²) in [7, 11) is 1.84. The van der Waals surface area contributed by atoms with Crippen molar-refractivity contribution in [3.63, 3.8) is 0 Å². The summed E-state index contributed by atoms with van der Waals surface area (Å²) in [6, 6.07) is 14.4. The molecule has 0 spiro atoms. The van der Waals surface area contributed by atoms with Crippen LogP contribution < -0.4 is 4.90 Å². The highest BCUT2D eigenvalue weighted by Crippen LogP contribution is 2.20. The van der Waals surface area contributed by atoms with Gasteiger partial charge in [0.2, 0.25) is 5.91 Å². The van der Waals surface area contributed by atoms with Gasteiger partial charge in [-0.05, 0) is 61.4 Å². The Kier molecular flexibility index (Phi) is 6.81. The van der Waals surface area contributed by atoms with Crippen molar-refractivity contribution in [2.45, 2.75) is 26.9 Å². The molecular weight excluding hydrogens is 402 g/mol. The van der Waals surface area contributed by atoms with Crippen molar-refractivity contribution in [2.24, 2.45) is 0 Å².